The highest BCUT2D eigenvalue weighted by molar-refractivity contribution is 9.09. The second-order valence-electron chi connectivity index (χ2n) is 3.61. The maximum Gasteiger partial charge on any atom is 0.0897 e. The molecule has 0 aliphatic rings. The minimum absolute atomic E-state index is 0.382. The third kappa shape index (κ3) is 5.06. The van der Waals surface area contributed by atoms with Crippen molar-refractivity contribution < 1.29 is 4.74 Å². The van der Waals surface area contributed by atoms with E-state index in [4.69, 9.17) is 4.74 Å². The molecule has 1 unspecified atom stereocenters. The molecule has 0 fully saturated rings. The molecule has 0 spiro atoms. The maximum absolute atomic E-state index is 5.07. The molecule has 15 heavy (non-hydrogen) atoms. The van der Waals surface area contributed by atoms with Crippen molar-refractivity contribution in [2.45, 2.75) is 18.3 Å². The lowest BCUT2D eigenvalue weighted by Crippen LogP contribution is -2.28. The first-order valence-electron chi connectivity index (χ1n) is 4.84. The highest BCUT2D eigenvalue weighted by atomic mass is 79.9. The van der Waals surface area contributed by atoms with Crippen LogP contribution in [0, 0.1) is 6.92 Å². The Morgan fingerprint density at radius 1 is 1.67 bits per heavy atom. The average Bonchev–Trinajstić information content (AvgIpc) is 2.51. The van der Waals surface area contributed by atoms with Gasteiger partial charge in [-0.1, -0.05) is 15.9 Å². The van der Waals surface area contributed by atoms with E-state index in [2.05, 4.69) is 38.2 Å². The molecule has 3 nitrogen and oxygen atoms in total. The van der Waals surface area contributed by atoms with Gasteiger partial charge < -0.3 is 4.74 Å². The fraction of sp³-hybridized carbons (Fsp3) is 0.700. The van der Waals surface area contributed by atoms with Crippen LogP contribution in [0.1, 0.15) is 10.7 Å². The van der Waals surface area contributed by atoms with Crippen LogP contribution in [-0.4, -0.2) is 42.0 Å². The summed E-state index contributed by atoms with van der Waals surface area (Å²) in [6.45, 7) is 4.63. The van der Waals surface area contributed by atoms with E-state index in [9.17, 15) is 0 Å². The van der Waals surface area contributed by atoms with Crippen LogP contribution in [0.5, 0.6) is 0 Å². The van der Waals surface area contributed by atoms with E-state index < -0.39 is 0 Å². The van der Waals surface area contributed by atoms with Crippen molar-refractivity contribution in [3.63, 3.8) is 0 Å². The monoisotopic (exact) mass is 292 g/mol. The second kappa shape index (κ2) is 6.58. The van der Waals surface area contributed by atoms with Crippen molar-refractivity contribution >= 4 is 27.3 Å². The molecular formula is C10H17BrN2OS. The molecule has 0 bridgehead atoms. The molecule has 0 aliphatic heterocycles. The molecule has 0 radical (unpaired) electrons. The highest BCUT2D eigenvalue weighted by Gasteiger charge is 2.09. The summed E-state index contributed by atoms with van der Waals surface area (Å²) in [7, 11) is 3.82. The lowest BCUT2D eigenvalue weighted by molar-refractivity contribution is 0.184. The largest absolute Gasteiger partial charge is 0.383 e. The van der Waals surface area contributed by atoms with Crippen LogP contribution in [0.2, 0.25) is 0 Å². The Kier molecular flexibility index (Phi) is 5.74. The molecule has 0 N–H and O–H groups in total. The van der Waals surface area contributed by atoms with E-state index in [1.165, 1.54) is 0 Å². The van der Waals surface area contributed by atoms with Gasteiger partial charge in [-0.25, -0.2) is 4.98 Å². The lowest BCUT2D eigenvalue weighted by Gasteiger charge is -2.18. The minimum atomic E-state index is 0.382. The van der Waals surface area contributed by atoms with Crippen LogP contribution in [0.15, 0.2) is 5.38 Å². The smallest absolute Gasteiger partial charge is 0.0897 e. The van der Waals surface area contributed by atoms with Gasteiger partial charge in [0.05, 0.1) is 22.1 Å². The van der Waals surface area contributed by atoms with Gasteiger partial charge in [-0.15, -0.1) is 11.3 Å². The number of methoxy groups -OCH3 is 1. The summed E-state index contributed by atoms with van der Waals surface area (Å²) in [6, 6.07) is 0. The van der Waals surface area contributed by atoms with Gasteiger partial charge in [-0.05, 0) is 14.0 Å². The van der Waals surface area contributed by atoms with E-state index in [0.29, 0.717) is 4.83 Å². The summed E-state index contributed by atoms with van der Waals surface area (Å²) in [5, 5.41) is 3.25. The number of nitrogens with zero attached hydrogens (tertiary/aromatic N) is 2. The fourth-order valence-electron chi connectivity index (χ4n) is 1.39. The van der Waals surface area contributed by atoms with Gasteiger partial charge in [0, 0.05) is 25.6 Å². The van der Waals surface area contributed by atoms with Crippen molar-refractivity contribution in [2.75, 3.05) is 27.3 Å². The molecule has 1 aromatic rings. The van der Waals surface area contributed by atoms with Crippen LogP contribution >= 0.6 is 27.3 Å². The molecule has 1 aromatic heterocycles. The number of halogens is 1. The number of aromatic nitrogens is 1. The lowest BCUT2D eigenvalue weighted by atomic mass is 10.4. The number of thiazole rings is 1. The summed E-state index contributed by atoms with van der Waals surface area (Å²) >= 11 is 5.27. The van der Waals surface area contributed by atoms with E-state index in [-0.39, 0.29) is 0 Å². The van der Waals surface area contributed by atoms with Gasteiger partial charge in [-0.3, -0.25) is 4.90 Å². The quantitative estimate of drug-likeness (QED) is 0.753. The number of hydrogen-bond donors (Lipinski definition) is 0. The predicted molar refractivity (Wildman–Crippen MR) is 67.8 cm³/mol. The zero-order valence-corrected chi connectivity index (χ0v) is 11.8. The van der Waals surface area contributed by atoms with Gasteiger partial charge in [-0.2, -0.15) is 0 Å². The zero-order valence-electron chi connectivity index (χ0n) is 9.36. The minimum Gasteiger partial charge on any atom is -0.383 e. The van der Waals surface area contributed by atoms with Gasteiger partial charge in [0.25, 0.3) is 0 Å². The first kappa shape index (κ1) is 13.1. The summed E-state index contributed by atoms with van der Waals surface area (Å²) in [5.74, 6) is 0. The van der Waals surface area contributed by atoms with E-state index in [1.54, 1.807) is 18.4 Å². The third-order valence-electron chi connectivity index (χ3n) is 1.96. The van der Waals surface area contributed by atoms with Crippen LogP contribution in [0.25, 0.3) is 0 Å². The topological polar surface area (TPSA) is 25.4 Å². The van der Waals surface area contributed by atoms with Gasteiger partial charge in [0.1, 0.15) is 0 Å². The second-order valence-corrected chi connectivity index (χ2v) is 5.96. The van der Waals surface area contributed by atoms with Gasteiger partial charge in [0.2, 0.25) is 0 Å². The Balaban J connectivity index is 2.32. The fourth-order valence-corrected chi connectivity index (χ4v) is 2.76. The molecule has 86 valence electrons. The zero-order chi connectivity index (χ0) is 11.3. The molecular weight excluding hydrogens is 276 g/mol. The first-order valence-corrected chi connectivity index (χ1v) is 6.64. The standard InChI is InChI=1S/C10H17BrN2OS/c1-8-12-10(7-15-8)5-13(2)4-9(11)6-14-3/h7,9H,4-6H2,1-3H3. The Labute approximate surface area is 104 Å². The number of alkyl halides is 1. The number of ether oxygens (including phenoxy) is 1. The SMILES string of the molecule is COCC(Br)CN(C)Cc1csc(C)n1. The summed E-state index contributed by atoms with van der Waals surface area (Å²) in [6.07, 6.45) is 0. The predicted octanol–water partition coefficient (Wildman–Crippen LogP) is 2.29. The van der Waals surface area contributed by atoms with Crippen molar-refractivity contribution in [3.05, 3.63) is 16.1 Å². The first-order chi connectivity index (χ1) is 7.11. The van der Waals surface area contributed by atoms with Crippen LogP contribution < -0.4 is 0 Å². The van der Waals surface area contributed by atoms with E-state index in [1.807, 2.05) is 6.92 Å². The molecule has 0 saturated heterocycles. The summed E-state index contributed by atoms with van der Waals surface area (Å²) in [4.78, 5) is 7.06. The van der Waals surface area contributed by atoms with Crippen LogP contribution in [0.4, 0.5) is 0 Å². The summed E-state index contributed by atoms with van der Waals surface area (Å²) in [5.41, 5.74) is 1.15. The van der Waals surface area contributed by atoms with Crippen molar-refractivity contribution in [3.8, 4) is 0 Å². The molecule has 0 saturated carbocycles. The van der Waals surface area contributed by atoms with Gasteiger partial charge >= 0.3 is 0 Å². The Morgan fingerprint density at radius 3 is 2.93 bits per heavy atom. The molecule has 0 aliphatic carbocycles. The Morgan fingerprint density at radius 2 is 2.40 bits per heavy atom. The number of rotatable bonds is 6. The molecule has 0 amide bonds. The normalized spacial score (nSPS) is 13.4. The summed E-state index contributed by atoms with van der Waals surface area (Å²) < 4.78 is 5.07. The number of hydrogen-bond acceptors (Lipinski definition) is 4. The van der Waals surface area contributed by atoms with Crippen molar-refractivity contribution in [1.29, 1.82) is 0 Å². The van der Waals surface area contributed by atoms with Crippen LogP contribution in [-0.2, 0) is 11.3 Å². The molecule has 1 atom stereocenters. The van der Waals surface area contributed by atoms with E-state index in [0.717, 1.165) is 30.4 Å². The number of aryl methyl sites for hydroxylation is 1. The maximum atomic E-state index is 5.07. The van der Waals surface area contributed by atoms with Gasteiger partial charge in [0.15, 0.2) is 0 Å². The van der Waals surface area contributed by atoms with Crippen LogP contribution in [0.3, 0.4) is 0 Å². The highest BCUT2D eigenvalue weighted by Crippen LogP contribution is 2.11. The molecule has 5 heteroatoms. The Bertz CT molecular complexity index is 293. The third-order valence-corrected chi connectivity index (χ3v) is 3.33. The van der Waals surface area contributed by atoms with E-state index >= 15 is 0 Å². The van der Waals surface area contributed by atoms with Crippen molar-refractivity contribution in [1.82, 2.24) is 9.88 Å². The molecule has 1 heterocycles. The molecule has 0 aromatic carbocycles. The average molecular weight is 293 g/mol. The van der Waals surface area contributed by atoms with Crippen molar-refractivity contribution in [2.24, 2.45) is 0 Å². The Hall–Kier alpha value is 0.0300. The molecule has 1 rings (SSSR count).